The van der Waals surface area contributed by atoms with Gasteiger partial charge in [-0.1, -0.05) is 30.3 Å². The van der Waals surface area contributed by atoms with E-state index in [4.69, 9.17) is 0 Å². The lowest BCUT2D eigenvalue weighted by Gasteiger charge is -2.12. The van der Waals surface area contributed by atoms with Crippen LogP contribution in [0.2, 0.25) is 0 Å². The highest BCUT2D eigenvalue weighted by molar-refractivity contribution is 7.92. The summed E-state index contributed by atoms with van der Waals surface area (Å²) in [6, 6.07) is 16.1. The molecule has 28 heavy (non-hydrogen) atoms. The molecular formula is C22H19FN2O2S. The molecule has 6 heteroatoms. The van der Waals surface area contributed by atoms with Gasteiger partial charge in [0.05, 0.1) is 6.26 Å². The Hall–Kier alpha value is -2.99. The molecule has 0 bridgehead atoms. The van der Waals surface area contributed by atoms with Gasteiger partial charge in [0, 0.05) is 23.1 Å². The molecule has 0 unspecified atom stereocenters. The first-order valence-corrected chi connectivity index (χ1v) is 10.8. The summed E-state index contributed by atoms with van der Waals surface area (Å²) < 4.78 is 40.1. The first-order valence-electron chi connectivity index (χ1n) is 8.92. The lowest BCUT2D eigenvalue weighted by Crippen LogP contribution is -2.09. The van der Waals surface area contributed by atoms with Gasteiger partial charge >= 0.3 is 0 Å². The summed E-state index contributed by atoms with van der Waals surface area (Å²) in [5.41, 5.74) is 5.59. The number of pyridine rings is 1. The third kappa shape index (κ3) is 3.82. The summed E-state index contributed by atoms with van der Waals surface area (Å²) in [6.07, 6.45) is 6.07. The van der Waals surface area contributed by atoms with Crippen LogP contribution < -0.4 is 4.72 Å². The minimum Gasteiger partial charge on any atom is -0.284 e. The number of rotatable bonds is 3. The van der Waals surface area contributed by atoms with Crippen LogP contribution in [0.1, 0.15) is 27.9 Å². The van der Waals surface area contributed by atoms with Crippen molar-refractivity contribution in [2.45, 2.75) is 12.8 Å². The van der Waals surface area contributed by atoms with Gasteiger partial charge in [0.1, 0.15) is 5.82 Å². The van der Waals surface area contributed by atoms with E-state index in [1.807, 2.05) is 30.3 Å². The molecule has 0 atom stereocenters. The average Bonchev–Trinajstić information content (AvgIpc) is 2.79. The number of sulfonamides is 1. The van der Waals surface area contributed by atoms with E-state index in [2.05, 4.69) is 9.71 Å². The number of aryl methyl sites for hydroxylation is 1. The monoisotopic (exact) mass is 394 g/mol. The fraction of sp³-hybridized carbons (Fsp3) is 0.136. The maximum Gasteiger partial charge on any atom is 0.229 e. The maximum atomic E-state index is 14.5. The predicted octanol–water partition coefficient (Wildman–Crippen LogP) is 4.28. The van der Waals surface area contributed by atoms with Gasteiger partial charge in [0.25, 0.3) is 0 Å². The second kappa shape index (κ2) is 7.20. The zero-order chi connectivity index (χ0) is 19.7. The summed E-state index contributed by atoms with van der Waals surface area (Å²) in [7, 11) is -3.37. The summed E-state index contributed by atoms with van der Waals surface area (Å²) in [4.78, 5) is 4.49. The van der Waals surface area contributed by atoms with E-state index in [0.29, 0.717) is 24.1 Å². The first kappa shape index (κ1) is 18.4. The number of halogens is 1. The number of fused-ring (bicyclic) bond motifs is 2. The molecule has 0 aliphatic heterocycles. The number of aromatic nitrogens is 1. The summed E-state index contributed by atoms with van der Waals surface area (Å²) >= 11 is 0. The molecule has 4 nitrogen and oxygen atoms in total. The number of hydrogen-bond acceptors (Lipinski definition) is 3. The average molecular weight is 394 g/mol. The number of nitrogens with zero attached hydrogens (tertiary/aromatic N) is 1. The maximum absolute atomic E-state index is 14.5. The number of anilines is 1. The third-order valence-electron chi connectivity index (χ3n) is 4.70. The van der Waals surface area contributed by atoms with Crippen LogP contribution in [-0.2, 0) is 22.9 Å². The van der Waals surface area contributed by atoms with Crippen LogP contribution in [0.3, 0.4) is 0 Å². The van der Waals surface area contributed by atoms with Crippen LogP contribution in [0.25, 0.3) is 11.6 Å². The van der Waals surface area contributed by atoms with Crippen LogP contribution in [0, 0.1) is 5.82 Å². The van der Waals surface area contributed by atoms with E-state index in [1.54, 1.807) is 30.5 Å². The van der Waals surface area contributed by atoms with Crippen molar-refractivity contribution in [1.29, 1.82) is 0 Å². The van der Waals surface area contributed by atoms with E-state index >= 15 is 0 Å². The van der Waals surface area contributed by atoms with Crippen LogP contribution in [0.4, 0.5) is 10.1 Å². The van der Waals surface area contributed by atoms with Gasteiger partial charge in [-0.25, -0.2) is 12.8 Å². The van der Waals surface area contributed by atoms with Crippen molar-refractivity contribution < 1.29 is 12.8 Å². The first-order chi connectivity index (χ1) is 13.4. The molecule has 0 saturated heterocycles. The van der Waals surface area contributed by atoms with E-state index in [-0.39, 0.29) is 5.82 Å². The highest BCUT2D eigenvalue weighted by Crippen LogP contribution is 2.35. The minimum atomic E-state index is -3.37. The van der Waals surface area contributed by atoms with Crippen molar-refractivity contribution >= 4 is 27.4 Å². The Morgan fingerprint density at radius 1 is 1.04 bits per heavy atom. The zero-order valence-corrected chi connectivity index (χ0v) is 16.1. The molecule has 2 aromatic carbocycles. The van der Waals surface area contributed by atoms with Gasteiger partial charge in [-0.3, -0.25) is 9.71 Å². The van der Waals surface area contributed by atoms with Crippen molar-refractivity contribution in [2.24, 2.45) is 0 Å². The molecule has 0 amide bonds. The molecule has 0 radical (unpaired) electrons. The van der Waals surface area contributed by atoms with E-state index in [9.17, 15) is 12.8 Å². The lowest BCUT2D eigenvalue weighted by molar-refractivity contribution is 0.606. The van der Waals surface area contributed by atoms with E-state index in [1.165, 1.54) is 6.07 Å². The Balaban J connectivity index is 1.89. The normalized spacial score (nSPS) is 14.9. The summed E-state index contributed by atoms with van der Waals surface area (Å²) in [5, 5.41) is 0. The second-order valence-electron chi connectivity index (χ2n) is 6.82. The number of nitrogens with one attached hydrogen (secondary N) is 1. The van der Waals surface area contributed by atoms with E-state index < -0.39 is 10.0 Å². The van der Waals surface area contributed by atoms with Crippen LogP contribution in [-0.4, -0.2) is 19.7 Å². The molecule has 1 aliphatic rings. The molecule has 1 heterocycles. The molecule has 4 rings (SSSR count). The Morgan fingerprint density at radius 2 is 1.82 bits per heavy atom. The standard InChI is InChI=1S/C22H19FN2O2S/c1-28(26,27)25-16-6-2-5-15(13-16)14-20-17-7-3-9-21(23)18(17)10-11-22-19(20)8-4-12-24-22/h2-9,12-14,25H,10-11H2,1H3/b20-14+. The molecule has 0 fully saturated rings. The van der Waals surface area contributed by atoms with Crippen molar-refractivity contribution in [1.82, 2.24) is 4.98 Å². The van der Waals surface area contributed by atoms with Crippen molar-refractivity contribution in [3.8, 4) is 0 Å². The Kier molecular flexibility index (Phi) is 4.73. The molecule has 1 aromatic heterocycles. The predicted molar refractivity (Wildman–Crippen MR) is 110 cm³/mol. The fourth-order valence-electron chi connectivity index (χ4n) is 3.56. The van der Waals surface area contributed by atoms with Gasteiger partial charge in [0.2, 0.25) is 10.0 Å². The van der Waals surface area contributed by atoms with E-state index in [0.717, 1.165) is 34.2 Å². The topological polar surface area (TPSA) is 59.1 Å². The Morgan fingerprint density at radius 3 is 2.64 bits per heavy atom. The molecule has 142 valence electrons. The number of hydrogen-bond donors (Lipinski definition) is 1. The largest absolute Gasteiger partial charge is 0.284 e. The lowest BCUT2D eigenvalue weighted by atomic mass is 9.93. The van der Waals surface area contributed by atoms with Crippen molar-refractivity contribution in [2.75, 3.05) is 11.0 Å². The second-order valence-corrected chi connectivity index (χ2v) is 8.57. The van der Waals surface area contributed by atoms with Crippen molar-refractivity contribution in [3.05, 3.63) is 94.6 Å². The molecule has 1 N–H and O–H groups in total. The molecule has 3 aromatic rings. The van der Waals surface area contributed by atoms with Crippen LogP contribution >= 0.6 is 0 Å². The molecular weight excluding hydrogens is 375 g/mol. The molecule has 0 spiro atoms. The van der Waals surface area contributed by atoms with Gasteiger partial charge in [-0.2, -0.15) is 0 Å². The zero-order valence-electron chi connectivity index (χ0n) is 15.3. The third-order valence-corrected chi connectivity index (χ3v) is 5.31. The number of benzene rings is 2. The summed E-state index contributed by atoms with van der Waals surface area (Å²) in [5.74, 6) is -0.219. The van der Waals surface area contributed by atoms with Crippen LogP contribution in [0.5, 0.6) is 0 Å². The van der Waals surface area contributed by atoms with Crippen molar-refractivity contribution in [3.63, 3.8) is 0 Å². The van der Waals surface area contributed by atoms with Crippen LogP contribution in [0.15, 0.2) is 60.8 Å². The van der Waals surface area contributed by atoms with Gasteiger partial charge in [0.15, 0.2) is 0 Å². The fourth-order valence-corrected chi connectivity index (χ4v) is 4.12. The smallest absolute Gasteiger partial charge is 0.229 e. The van der Waals surface area contributed by atoms with Gasteiger partial charge in [-0.05, 0) is 65.4 Å². The van der Waals surface area contributed by atoms with Gasteiger partial charge in [-0.15, -0.1) is 0 Å². The summed E-state index contributed by atoms with van der Waals surface area (Å²) in [6.45, 7) is 0. The highest BCUT2D eigenvalue weighted by Gasteiger charge is 2.21. The Labute approximate surface area is 163 Å². The minimum absolute atomic E-state index is 0.219. The highest BCUT2D eigenvalue weighted by atomic mass is 32.2. The quantitative estimate of drug-likeness (QED) is 0.721. The SMILES string of the molecule is CS(=O)(=O)Nc1cccc(/C=C2/c3cccnc3CCc3c(F)cccc32)c1. The Bertz CT molecular complexity index is 1190. The molecule has 1 aliphatic carbocycles. The van der Waals surface area contributed by atoms with Gasteiger partial charge < -0.3 is 0 Å². The molecule has 0 saturated carbocycles.